The minimum atomic E-state index is -0.523. The van der Waals surface area contributed by atoms with E-state index in [4.69, 9.17) is 0 Å². The van der Waals surface area contributed by atoms with Crippen LogP contribution in [0.4, 0.5) is 0 Å². The first-order valence-corrected chi connectivity index (χ1v) is 9.56. The van der Waals surface area contributed by atoms with Gasteiger partial charge in [-0.15, -0.1) is 0 Å². The topological polar surface area (TPSA) is 67.2 Å². The van der Waals surface area contributed by atoms with Crippen LogP contribution in [-0.4, -0.2) is 82.7 Å². The zero-order valence-corrected chi connectivity index (χ0v) is 15.2. The highest BCUT2D eigenvalue weighted by Gasteiger charge is 2.40. The lowest BCUT2D eigenvalue weighted by atomic mass is 9.82. The minimum Gasteiger partial charge on any atom is -0.395 e. The normalized spacial score (nSPS) is 32.2. The number of likely N-dealkylation sites (tertiary alicyclic amines) is 1. The molecule has 0 amide bonds. The van der Waals surface area contributed by atoms with E-state index in [1.165, 1.54) is 5.56 Å². The van der Waals surface area contributed by atoms with Gasteiger partial charge in [0, 0.05) is 25.0 Å². The van der Waals surface area contributed by atoms with Crippen molar-refractivity contribution in [3.63, 3.8) is 0 Å². The molecule has 0 radical (unpaired) electrons. The highest BCUT2D eigenvalue weighted by molar-refractivity contribution is 5.20. The molecule has 5 nitrogen and oxygen atoms in total. The number of nitrogens with zero attached hydrogens (tertiary/aromatic N) is 2. The van der Waals surface area contributed by atoms with Crippen LogP contribution in [0.2, 0.25) is 0 Å². The summed E-state index contributed by atoms with van der Waals surface area (Å²) in [5, 5.41) is 30.1. The van der Waals surface area contributed by atoms with Crippen LogP contribution in [0.3, 0.4) is 0 Å². The molecule has 25 heavy (non-hydrogen) atoms. The first kappa shape index (κ1) is 18.8. The molecule has 4 atom stereocenters. The minimum absolute atomic E-state index is 0.00685. The lowest BCUT2D eigenvalue weighted by molar-refractivity contribution is -0.0732. The summed E-state index contributed by atoms with van der Waals surface area (Å²) in [6, 6.07) is 10.8. The van der Waals surface area contributed by atoms with Crippen molar-refractivity contribution in [2.75, 3.05) is 33.3 Å². The van der Waals surface area contributed by atoms with Crippen molar-refractivity contribution in [1.29, 1.82) is 0 Å². The number of likely N-dealkylation sites (N-methyl/N-ethyl adjacent to an activating group) is 1. The van der Waals surface area contributed by atoms with Crippen LogP contribution in [0.1, 0.15) is 37.2 Å². The van der Waals surface area contributed by atoms with Crippen molar-refractivity contribution in [2.24, 2.45) is 0 Å². The molecule has 1 heterocycles. The average Bonchev–Trinajstić information content (AvgIpc) is 2.63. The Labute approximate surface area is 150 Å². The van der Waals surface area contributed by atoms with E-state index in [9.17, 15) is 15.3 Å². The standard InChI is InChI=1S/C20H32N2O3/c1-21(11-12-23)17-13-18(20(25)14-19(17)24)22-9-7-16(8-10-22)15-5-3-2-4-6-15/h2-6,16-20,23-25H,7-14H2,1H3/t17-,18-,19-,20-/m0/s1. The van der Waals surface area contributed by atoms with E-state index in [0.717, 1.165) is 32.4 Å². The van der Waals surface area contributed by atoms with Gasteiger partial charge < -0.3 is 15.3 Å². The van der Waals surface area contributed by atoms with Crippen molar-refractivity contribution in [3.8, 4) is 0 Å². The summed E-state index contributed by atoms with van der Waals surface area (Å²) in [4.78, 5) is 4.44. The predicted molar refractivity (Wildman–Crippen MR) is 98.5 cm³/mol. The van der Waals surface area contributed by atoms with Crippen molar-refractivity contribution in [2.45, 2.75) is 55.9 Å². The lowest BCUT2D eigenvalue weighted by Gasteiger charge is -2.47. The lowest BCUT2D eigenvalue weighted by Crippen LogP contribution is -2.58. The molecule has 3 rings (SSSR count). The van der Waals surface area contributed by atoms with Gasteiger partial charge in [0.05, 0.1) is 18.8 Å². The van der Waals surface area contributed by atoms with E-state index in [0.29, 0.717) is 18.9 Å². The summed E-state index contributed by atoms with van der Waals surface area (Å²) in [6.07, 6.45) is 2.42. The number of rotatable bonds is 5. The molecule has 0 spiro atoms. The van der Waals surface area contributed by atoms with E-state index in [1.54, 1.807) is 0 Å². The number of piperidine rings is 1. The smallest absolute Gasteiger partial charge is 0.0721 e. The van der Waals surface area contributed by atoms with Gasteiger partial charge in [0.1, 0.15) is 0 Å². The highest BCUT2D eigenvalue weighted by Crippen LogP contribution is 2.33. The molecule has 1 aromatic rings. The van der Waals surface area contributed by atoms with Gasteiger partial charge in [-0.1, -0.05) is 30.3 Å². The maximum absolute atomic E-state index is 10.5. The van der Waals surface area contributed by atoms with E-state index in [-0.39, 0.29) is 18.7 Å². The third-order valence-corrected chi connectivity index (χ3v) is 6.14. The fourth-order valence-corrected chi connectivity index (χ4v) is 4.60. The van der Waals surface area contributed by atoms with Crippen LogP contribution >= 0.6 is 0 Å². The quantitative estimate of drug-likeness (QED) is 0.742. The monoisotopic (exact) mass is 348 g/mol. The van der Waals surface area contributed by atoms with Gasteiger partial charge in [0.2, 0.25) is 0 Å². The number of aliphatic hydroxyl groups is 3. The Balaban J connectivity index is 1.59. The Hall–Kier alpha value is -0.980. The maximum Gasteiger partial charge on any atom is 0.0721 e. The van der Waals surface area contributed by atoms with Crippen LogP contribution in [0.5, 0.6) is 0 Å². The molecule has 0 bridgehead atoms. The van der Waals surface area contributed by atoms with E-state index < -0.39 is 12.2 Å². The summed E-state index contributed by atoms with van der Waals surface area (Å²) in [7, 11) is 1.94. The maximum atomic E-state index is 10.5. The Bertz CT molecular complexity index is 515. The Kier molecular flexibility index (Phi) is 6.47. The molecule has 0 unspecified atom stereocenters. The Morgan fingerprint density at radius 1 is 1.04 bits per heavy atom. The second kappa shape index (κ2) is 8.60. The van der Waals surface area contributed by atoms with Crippen LogP contribution in [0, 0.1) is 0 Å². The summed E-state index contributed by atoms with van der Waals surface area (Å²) in [5.41, 5.74) is 1.42. The second-order valence-electron chi connectivity index (χ2n) is 7.67. The summed E-state index contributed by atoms with van der Waals surface area (Å²) in [5.74, 6) is 0.608. The van der Waals surface area contributed by atoms with Crippen LogP contribution in [-0.2, 0) is 0 Å². The molecule has 2 aliphatic rings. The summed E-state index contributed by atoms with van der Waals surface area (Å²) in [6.45, 7) is 2.64. The Morgan fingerprint density at radius 3 is 2.36 bits per heavy atom. The number of benzene rings is 1. The number of aliphatic hydroxyl groups excluding tert-OH is 3. The average molecular weight is 348 g/mol. The molecule has 1 aromatic carbocycles. The fourth-order valence-electron chi connectivity index (χ4n) is 4.60. The molecule has 1 aliphatic heterocycles. The van der Waals surface area contributed by atoms with Crippen molar-refractivity contribution < 1.29 is 15.3 Å². The molecule has 1 aliphatic carbocycles. The fraction of sp³-hybridized carbons (Fsp3) is 0.700. The van der Waals surface area contributed by atoms with Gasteiger partial charge in [0.25, 0.3) is 0 Å². The van der Waals surface area contributed by atoms with E-state index in [1.807, 2.05) is 11.9 Å². The zero-order valence-electron chi connectivity index (χ0n) is 15.2. The van der Waals surface area contributed by atoms with Crippen molar-refractivity contribution >= 4 is 0 Å². The van der Waals surface area contributed by atoms with E-state index in [2.05, 4.69) is 35.2 Å². The highest BCUT2D eigenvalue weighted by atomic mass is 16.3. The molecule has 1 saturated heterocycles. The molecular formula is C20H32N2O3. The number of hydrogen-bond acceptors (Lipinski definition) is 5. The molecule has 0 aromatic heterocycles. The number of hydrogen-bond donors (Lipinski definition) is 3. The molecule has 140 valence electrons. The first-order chi connectivity index (χ1) is 12.1. The van der Waals surface area contributed by atoms with Gasteiger partial charge in [0.15, 0.2) is 0 Å². The van der Waals surface area contributed by atoms with Crippen molar-refractivity contribution in [3.05, 3.63) is 35.9 Å². The summed E-state index contributed by atoms with van der Waals surface area (Å²) < 4.78 is 0. The molecule has 1 saturated carbocycles. The molecule has 2 fully saturated rings. The van der Waals surface area contributed by atoms with Crippen molar-refractivity contribution in [1.82, 2.24) is 9.80 Å². The van der Waals surface area contributed by atoms with Crippen LogP contribution in [0.15, 0.2) is 30.3 Å². The van der Waals surface area contributed by atoms with Crippen LogP contribution < -0.4 is 0 Å². The molecule has 3 N–H and O–H groups in total. The largest absolute Gasteiger partial charge is 0.395 e. The first-order valence-electron chi connectivity index (χ1n) is 9.56. The van der Waals surface area contributed by atoms with Gasteiger partial charge >= 0.3 is 0 Å². The Morgan fingerprint density at radius 2 is 1.72 bits per heavy atom. The van der Waals surface area contributed by atoms with Crippen LogP contribution in [0.25, 0.3) is 0 Å². The van der Waals surface area contributed by atoms with Gasteiger partial charge in [-0.3, -0.25) is 9.80 Å². The SMILES string of the molecule is CN(CCO)[C@H]1C[C@H](N2CCC(c3ccccc3)CC2)[C@@H](O)C[C@@H]1O. The predicted octanol–water partition coefficient (Wildman–Crippen LogP) is 1.04. The zero-order chi connectivity index (χ0) is 17.8. The van der Waals surface area contributed by atoms with E-state index >= 15 is 0 Å². The summed E-state index contributed by atoms with van der Waals surface area (Å²) >= 11 is 0. The third-order valence-electron chi connectivity index (χ3n) is 6.14. The third kappa shape index (κ3) is 4.41. The van der Waals surface area contributed by atoms with Gasteiger partial charge in [-0.25, -0.2) is 0 Å². The van der Waals surface area contributed by atoms with Gasteiger partial charge in [-0.05, 0) is 50.9 Å². The molecular weight excluding hydrogens is 316 g/mol. The van der Waals surface area contributed by atoms with Gasteiger partial charge in [-0.2, -0.15) is 0 Å². The second-order valence-corrected chi connectivity index (χ2v) is 7.67. The molecule has 5 heteroatoms.